The molecule has 9 rings (SSSR count). The maximum absolute atomic E-state index is 5.18. The molecule has 0 fully saturated rings. The highest BCUT2D eigenvalue weighted by atomic mass is 15.3. The van der Waals surface area contributed by atoms with E-state index in [4.69, 9.17) is 15.0 Å². The molecule has 0 unspecified atom stereocenters. The van der Waals surface area contributed by atoms with Gasteiger partial charge in [-0.2, -0.15) is 9.97 Å². The van der Waals surface area contributed by atoms with Gasteiger partial charge in [0.25, 0.3) is 0 Å². The van der Waals surface area contributed by atoms with Gasteiger partial charge in [0.2, 0.25) is 5.95 Å². The predicted octanol–water partition coefficient (Wildman–Crippen LogP) is 10.1. The molecule has 0 atom stereocenters. The Kier molecular flexibility index (Phi) is 5.21. The Labute approximate surface area is 256 Å². The highest BCUT2D eigenvalue weighted by molar-refractivity contribution is 6.14. The summed E-state index contributed by atoms with van der Waals surface area (Å²) < 4.78 is 0. The molecular formula is C40H28N4. The molecule has 0 saturated carbocycles. The van der Waals surface area contributed by atoms with E-state index in [9.17, 15) is 0 Å². The van der Waals surface area contributed by atoms with Crippen molar-refractivity contribution >= 4 is 28.1 Å². The Morgan fingerprint density at radius 3 is 1.80 bits per heavy atom. The van der Waals surface area contributed by atoms with Crippen LogP contribution in [0.5, 0.6) is 0 Å². The summed E-state index contributed by atoms with van der Waals surface area (Å²) in [5.74, 6) is 1.90. The number of hydrogen-bond acceptors (Lipinski definition) is 4. The zero-order valence-corrected chi connectivity index (χ0v) is 24.5. The molecular weight excluding hydrogens is 536 g/mol. The molecule has 44 heavy (non-hydrogen) atoms. The first-order valence-electron chi connectivity index (χ1n) is 15.1. The minimum absolute atomic E-state index is 0.140. The van der Waals surface area contributed by atoms with Crippen LogP contribution in [-0.2, 0) is 5.41 Å². The lowest BCUT2D eigenvalue weighted by molar-refractivity contribution is 0.660. The van der Waals surface area contributed by atoms with Crippen molar-refractivity contribution in [2.24, 2.45) is 0 Å². The van der Waals surface area contributed by atoms with Crippen LogP contribution in [0.3, 0.4) is 0 Å². The van der Waals surface area contributed by atoms with Gasteiger partial charge in [0, 0.05) is 27.5 Å². The molecule has 6 aromatic carbocycles. The SMILES string of the molecule is CC1(C)c2ccccc2-c2cc3c(cc21)N(c1nc(-c2ccccc2)nc(-c2ccccc2)n1)c1cccc2cccc-3c12. The number of fused-ring (bicyclic) bond motifs is 5. The summed E-state index contributed by atoms with van der Waals surface area (Å²) >= 11 is 0. The second-order valence-corrected chi connectivity index (χ2v) is 12.1. The third kappa shape index (κ3) is 3.54. The summed E-state index contributed by atoms with van der Waals surface area (Å²) in [5.41, 5.74) is 11.6. The molecule has 0 bridgehead atoms. The molecule has 7 aromatic rings. The van der Waals surface area contributed by atoms with Gasteiger partial charge in [0.1, 0.15) is 0 Å². The Bertz CT molecular complexity index is 2190. The van der Waals surface area contributed by atoms with E-state index >= 15 is 0 Å². The summed E-state index contributed by atoms with van der Waals surface area (Å²) in [5, 5.41) is 2.40. The number of benzene rings is 6. The van der Waals surface area contributed by atoms with Crippen LogP contribution in [0.25, 0.3) is 55.8 Å². The van der Waals surface area contributed by atoms with Crippen molar-refractivity contribution in [3.63, 3.8) is 0 Å². The highest BCUT2D eigenvalue weighted by Gasteiger charge is 2.38. The van der Waals surface area contributed by atoms with Gasteiger partial charge in [-0.15, -0.1) is 0 Å². The van der Waals surface area contributed by atoms with Crippen molar-refractivity contribution in [2.75, 3.05) is 4.90 Å². The number of nitrogens with zero attached hydrogens (tertiary/aromatic N) is 4. The predicted molar refractivity (Wildman–Crippen MR) is 179 cm³/mol. The molecule has 0 saturated heterocycles. The van der Waals surface area contributed by atoms with E-state index < -0.39 is 0 Å². The van der Waals surface area contributed by atoms with E-state index in [1.54, 1.807) is 0 Å². The molecule has 1 aliphatic carbocycles. The summed E-state index contributed by atoms with van der Waals surface area (Å²) in [4.78, 5) is 17.6. The summed E-state index contributed by atoms with van der Waals surface area (Å²) in [7, 11) is 0. The van der Waals surface area contributed by atoms with Crippen LogP contribution in [0.1, 0.15) is 25.0 Å². The third-order valence-electron chi connectivity index (χ3n) is 9.24. The van der Waals surface area contributed by atoms with Gasteiger partial charge in [-0.1, -0.05) is 129 Å². The van der Waals surface area contributed by atoms with Crippen LogP contribution in [0.2, 0.25) is 0 Å². The van der Waals surface area contributed by atoms with Crippen molar-refractivity contribution < 1.29 is 0 Å². The first-order chi connectivity index (χ1) is 21.6. The van der Waals surface area contributed by atoms with E-state index in [1.165, 1.54) is 44.2 Å². The first kappa shape index (κ1) is 24.9. The maximum Gasteiger partial charge on any atom is 0.238 e. The fourth-order valence-corrected chi connectivity index (χ4v) is 7.11. The van der Waals surface area contributed by atoms with Crippen molar-refractivity contribution in [3.8, 4) is 45.0 Å². The molecule has 1 aromatic heterocycles. The zero-order valence-electron chi connectivity index (χ0n) is 24.5. The van der Waals surface area contributed by atoms with Gasteiger partial charge < -0.3 is 0 Å². The van der Waals surface area contributed by atoms with Crippen molar-refractivity contribution in [1.82, 2.24) is 15.0 Å². The zero-order chi connectivity index (χ0) is 29.4. The van der Waals surface area contributed by atoms with Crippen LogP contribution in [0, 0.1) is 0 Å². The molecule has 0 N–H and O–H groups in total. The van der Waals surface area contributed by atoms with Gasteiger partial charge in [-0.3, -0.25) is 4.90 Å². The number of hydrogen-bond donors (Lipinski definition) is 0. The quantitative estimate of drug-likeness (QED) is 0.214. The van der Waals surface area contributed by atoms with Crippen molar-refractivity contribution in [1.29, 1.82) is 0 Å². The lowest BCUT2D eigenvalue weighted by Gasteiger charge is -2.33. The molecule has 2 heterocycles. The largest absolute Gasteiger partial charge is 0.278 e. The summed E-state index contributed by atoms with van der Waals surface area (Å²) in [6, 6.07) is 47.1. The molecule has 0 radical (unpaired) electrons. The summed E-state index contributed by atoms with van der Waals surface area (Å²) in [6.07, 6.45) is 0. The Morgan fingerprint density at radius 2 is 1.09 bits per heavy atom. The molecule has 208 valence electrons. The first-order valence-corrected chi connectivity index (χ1v) is 15.1. The third-order valence-corrected chi connectivity index (χ3v) is 9.24. The smallest absolute Gasteiger partial charge is 0.238 e. The molecule has 4 heteroatoms. The van der Waals surface area contributed by atoms with E-state index in [-0.39, 0.29) is 5.41 Å². The van der Waals surface area contributed by atoms with Crippen LogP contribution in [-0.4, -0.2) is 15.0 Å². The lowest BCUT2D eigenvalue weighted by atomic mass is 9.81. The minimum Gasteiger partial charge on any atom is -0.278 e. The van der Waals surface area contributed by atoms with Gasteiger partial charge in [0.05, 0.1) is 11.4 Å². The number of aromatic nitrogens is 3. The number of rotatable bonds is 3. The topological polar surface area (TPSA) is 41.9 Å². The fraction of sp³-hybridized carbons (Fsp3) is 0.0750. The molecule has 4 nitrogen and oxygen atoms in total. The molecule has 0 amide bonds. The van der Waals surface area contributed by atoms with E-state index in [2.05, 4.69) is 116 Å². The number of anilines is 3. The average molecular weight is 565 g/mol. The lowest BCUT2D eigenvalue weighted by Crippen LogP contribution is -2.21. The second-order valence-electron chi connectivity index (χ2n) is 12.1. The Balaban J connectivity index is 1.37. The molecule has 0 spiro atoms. The molecule has 1 aliphatic heterocycles. The maximum atomic E-state index is 5.18. The van der Waals surface area contributed by atoms with E-state index in [0.29, 0.717) is 17.6 Å². The van der Waals surface area contributed by atoms with E-state index in [0.717, 1.165) is 22.5 Å². The normalized spacial score (nSPS) is 13.8. The van der Waals surface area contributed by atoms with Crippen molar-refractivity contribution in [2.45, 2.75) is 19.3 Å². The summed E-state index contributed by atoms with van der Waals surface area (Å²) in [6.45, 7) is 4.66. The average Bonchev–Trinajstić information content (AvgIpc) is 3.30. The van der Waals surface area contributed by atoms with Crippen LogP contribution in [0.15, 0.2) is 133 Å². The van der Waals surface area contributed by atoms with Gasteiger partial charge >= 0.3 is 0 Å². The molecule has 2 aliphatic rings. The Hall–Kier alpha value is -5.61. The van der Waals surface area contributed by atoms with Crippen LogP contribution >= 0.6 is 0 Å². The van der Waals surface area contributed by atoms with Gasteiger partial charge in [-0.25, -0.2) is 4.98 Å². The van der Waals surface area contributed by atoms with E-state index in [1.807, 2.05) is 36.4 Å². The minimum atomic E-state index is -0.140. The Morgan fingerprint density at radius 1 is 0.477 bits per heavy atom. The monoisotopic (exact) mass is 564 g/mol. The van der Waals surface area contributed by atoms with Gasteiger partial charge in [-0.05, 0) is 51.4 Å². The van der Waals surface area contributed by atoms with Crippen LogP contribution in [0.4, 0.5) is 17.3 Å². The second kappa shape index (κ2) is 9.19. The fourth-order valence-electron chi connectivity index (χ4n) is 7.11. The van der Waals surface area contributed by atoms with Crippen LogP contribution < -0.4 is 4.90 Å². The standard InChI is InChI=1S/C40H28N4/c1-40(2)32-21-10-9-19-28(32)30-23-31-29-20-11-17-25-18-12-22-34(36(25)29)44(35(31)24-33(30)40)39-42-37(26-13-5-3-6-14-26)41-38(43-39)27-15-7-4-8-16-27/h3-24H,1-2H3. The van der Waals surface area contributed by atoms with Crippen molar-refractivity contribution in [3.05, 3.63) is 145 Å². The van der Waals surface area contributed by atoms with Gasteiger partial charge in [0.15, 0.2) is 11.6 Å². The highest BCUT2D eigenvalue weighted by Crippen LogP contribution is 2.56.